The van der Waals surface area contributed by atoms with Gasteiger partial charge >= 0.3 is 0 Å². The Morgan fingerprint density at radius 2 is 2.19 bits per heavy atom. The van der Waals surface area contributed by atoms with Gasteiger partial charge < -0.3 is 14.3 Å². The average molecular weight is 241 g/mol. The highest BCUT2D eigenvalue weighted by molar-refractivity contribution is 6.33. The predicted molar refractivity (Wildman–Crippen MR) is 61.5 cm³/mol. The summed E-state index contributed by atoms with van der Waals surface area (Å²) in [4.78, 5) is 10.5. The van der Waals surface area contributed by atoms with Gasteiger partial charge in [0.2, 0.25) is 0 Å². The van der Waals surface area contributed by atoms with Crippen LogP contribution in [0.4, 0.5) is 0 Å². The number of ether oxygens (including phenoxy) is 2. The zero-order valence-electron chi connectivity index (χ0n) is 9.03. The molecular weight excluding hydrogens is 228 g/mol. The molecule has 0 aromatic heterocycles. The highest BCUT2D eigenvalue weighted by Crippen LogP contribution is 2.42. The minimum absolute atomic E-state index is 0.0980. The maximum absolute atomic E-state index is 10.5. The number of carbonyl (C=O) groups excluding carboxylic acids is 1. The SMILES string of the molecule is CC(CC=O)c1ccc2c(c1Cl)OCCO2. The minimum atomic E-state index is 0.0980. The lowest BCUT2D eigenvalue weighted by atomic mass is 9.98. The molecule has 1 aromatic rings. The zero-order chi connectivity index (χ0) is 11.5. The molecule has 0 fully saturated rings. The van der Waals surface area contributed by atoms with Crippen molar-refractivity contribution in [2.24, 2.45) is 0 Å². The first-order valence-corrected chi connectivity index (χ1v) is 5.63. The van der Waals surface area contributed by atoms with Crippen LogP contribution in [-0.4, -0.2) is 19.5 Å². The molecule has 0 spiro atoms. The summed E-state index contributed by atoms with van der Waals surface area (Å²) in [5.74, 6) is 1.38. The molecule has 3 nitrogen and oxygen atoms in total. The Bertz CT molecular complexity index is 403. The van der Waals surface area contributed by atoms with Crippen molar-refractivity contribution >= 4 is 17.9 Å². The molecule has 0 saturated carbocycles. The fourth-order valence-electron chi connectivity index (χ4n) is 1.75. The maximum atomic E-state index is 10.5. The lowest BCUT2D eigenvalue weighted by Crippen LogP contribution is -2.16. The molecule has 1 aliphatic rings. The van der Waals surface area contributed by atoms with E-state index < -0.39 is 0 Å². The summed E-state index contributed by atoms with van der Waals surface area (Å²) in [7, 11) is 0. The van der Waals surface area contributed by atoms with E-state index in [4.69, 9.17) is 21.1 Å². The predicted octanol–water partition coefficient (Wildman–Crippen LogP) is 2.80. The summed E-state index contributed by atoms with van der Waals surface area (Å²) < 4.78 is 10.9. The molecule has 1 heterocycles. The van der Waals surface area contributed by atoms with Crippen LogP contribution in [0.5, 0.6) is 11.5 Å². The normalized spacial score (nSPS) is 15.6. The Hall–Kier alpha value is -1.22. The van der Waals surface area contributed by atoms with Crippen LogP contribution in [0.15, 0.2) is 12.1 Å². The Labute approximate surface area is 99.3 Å². The molecule has 1 atom stereocenters. The van der Waals surface area contributed by atoms with Crippen molar-refractivity contribution in [2.75, 3.05) is 13.2 Å². The summed E-state index contributed by atoms with van der Waals surface area (Å²) in [5, 5.41) is 0.562. The van der Waals surface area contributed by atoms with Crippen LogP contribution >= 0.6 is 11.6 Å². The van der Waals surface area contributed by atoms with Crippen molar-refractivity contribution in [1.82, 2.24) is 0 Å². The fraction of sp³-hybridized carbons (Fsp3) is 0.417. The van der Waals surface area contributed by atoms with E-state index in [1.54, 1.807) is 0 Å². The number of hydrogen-bond donors (Lipinski definition) is 0. The van der Waals surface area contributed by atoms with Crippen molar-refractivity contribution in [3.05, 3.63) is 22.7 Å². The van der Waals surface area contributed by atoms with Gasteiger partial charge in [0.25, 0.3) is 0 Å². The standard InChI is InChI=1S/C12H13ClO3/c1-8(4-5-14)9-2-3-10-12(11(9)13)16-7-6-15-10/h2-3,5,8H,4,6-7H2,1H3. The molecule has 0 amide bonds. The third-order valence-corrected chi connectivity index (χ3v) is 3.05. The van der Waals surface area contributed by atoms with Crippen molar-refractivity contribution < 1.29 is 14.3 Å². The second-order valence-electron chi connectivity index (χ2n) is 3.80. The number of aldehydes is 1. The largest absolute Gasteiger partial charge is 0.486 e. The van der Waals surface area contributed by atoms with Crippen LogP contribution in [0, 0.1) is 0 Å². The van der Waals surface area contributed by atoms with E-state index in [1.807, 2.05) is 19.1 Å². The number of rotatable bonds is 3. The van der Waals surface area contributed by atoms with Gasteiger partial charge in [-0.3, -0.25) is 0 Å². The highest BCUT2D eigenvalue weighted by Gasteiger charge is 2.20. The third kappa shape index (κ3) is 2.00. The molecule has 86 valence electrons. The summed E-state index contributed by atoms with van der Waals surface area (Å²) >= 11 is 6.24. The van der Waals surface area contributed by atoms with Crippen LogP contribution in [0.3, 0.4) is 0 Å². The first kappa shape index (κ1) is 11.3. The van der Waals surface area contributed by atoms with Gasteiger partial charge in [0.1, 0.15) is 19.5 Å². The van der Waals surface area contributed by atoms with E-state index in [1.165, 1.54) is 0 Å². The molecule has 0 N–H and O–H groups in total. The number of hydrogen-bond acceptors (Lipinski definition) is 3. The maximum Gasteiger partial charge on any atom is 0.180 e. The molecular formula is C12H13ClO3. The number of fused-ring (bicyclic) bond motifs is 1. The van der Waals surface area contributed by atoms with Gasteiger partial charge in [-0.25, -0.2) is 0 Å². The van der Waals surface area contributed by atoms with Crippen LogP contribution in [0.25, 0.3) is 0 Å². The average Bonchev–Trinajstić information content (AvgIpc) is 2.30. The van der Waals surface area contributed by atoms with Crippen LogP contribution in [-0.2, 0) is 4.79 Å². The lowest BCUT2D eigenvalue weighted by Gasteiger charge is -2.22. The first-order chi connectivity index (χ1) is 7.74. The van der Waals surface area contributed by atoms with Gasteiger partial charge in [-0.1, -0.05) is 24.6 Å². The van der Waals surface area contributed by atoms with Crippen molar-refractivity contribution in [1.29, 1.82) is 0 Å². The van der Waals surface area contributed by atoms with E-state index in [0.29, 0.717) is 36.2 Å². The molecule has 1 unspecified atom stereocenters. The number of carbonyl (C=O) groups is 1. The summed E-state index contributed by atoms with van der Waals surface area (Å²) in [5.41, 5.74) is 0.929. The van der Waals surface area contributed by atoms with Gasteiger partial charge in [-0.15, -0.1) is 0 Å². The summed E-state index contributed by atoms with van der Waals surface area (Å²) in [6.45, 7) is 3.02. The smallest absolute Gasteiger partial charge is 0.180 e. The molecule has 1 aromatic carbocycles. The Morgan fingerprint density at radius 1 is 1.44 bits per heavy atom. The van der Waals surface area contributed by atoms with Crippen LogP contribution in [0.2, 0.25) is 5.02 Å². The zero-order valence-corrected chi connectivity index (χ0v) is 9.79. The van der Waals surface area contributed by atoms with Gasteiger partial charge in [0.15, 0.2) is 11.5 Å². The topological polar surface area (TPSA) is 35.5 Å². The lowest BCUT2D eigenvalue weighted by molar-refractivity contribution is -0.108. The molecule has 2 rings (SSSR count). The Balaban J connectivity index is 2.37. The van der Waals surface area contributed by atoms with Crippen molar-refractivity contribution in [3.63, 3.8) is 0 Å². The summed E-state index contributed by atoms with van der Waals surface area (Å²) in [6, 6.07) is 3.74. The second kappa shape index (κ2) is 4.74. The molecule has 0 aliphatic carbocycles. The molecule has 0 saturated heterocycles. The van der Waals surface area contributed by atoms with E-state index in [0.717, 1.165) is 11.8 Å². The van der Waals surface area contributed by atoms with E-state index in [-0.39, 0.29) is 5.92 Å². The Morgan fingerprint density at radius 3 is 2.94 bits per heavy atom. The Kier molecular flexibility index (Phi) is 3.34. The molecule has 1 aliphatic heterocycles. The molecule has 4 heteroatoms. The minimum Gasteiger partial charge on any atom is -0.486 e. The molecule has 16 heavy (non-hydrogen) atoms. The van der Waals surface area contributed by atoms with E-state index in [9.17, 15) is 4.79 Å². The monoisotopic (exact) mass is 240 g/mol. The van der Waals surface area contributed by atoms with Crippen molar-refractivity contribution in [3.8, 4) is 11.5 Å². The van der Waals surface area contributed by atoms with Gasteiger partial charge in [-0.2, -0.15) is 0 Å². The van der Waals surface area contributed by atoms with Crippen LogP contribution in [0.1, 0.15) is 24.8 Å². The number of benzene rings is 1. The van der Waals surface area contributed by atoms with E-state index in [2.05, 4.69) is 0 Å². The fourth-order valence-corrected chi connectivity index (χ4v) is 2.15. The van der Waals surface area contributed by atoms with Crippen LogP contribution < -0.4 is 9.47 Å². The quantitative estimate of drug-likeness (QED) is 0.763. The van der Waals surface area contributed by atoms with Gasteiger partial charge in [-0.05, 0) is 17.5 Å². The van der Waals surface area contributed by atoms with Crippen molar-refractivity contribution in [2.45, 2.75) is 19.3 Å². The molecule has 0 bridgehead atoms. The molecule has 0 radical (unpaired) electrons. The summed E-state index contributed by atoms with van der Waals surface area (Å²) in [6.07, 6.45) is 1.36. The highest BCUT2D eigenvalue weighted by atomic mass is 35.5. The number of halogens is 1. The first-order valence-electron chi connectivity index (χ1n) is 5.25. The second-order valence-corrected chi connectivity index (χ2v) is 4.17. The van der Waals surface area contributed by atoms with Gasteiger partial charge in [0, 0.05) is 6.42 Å². The van der Waals surface area contributed by atoms with Gasteiger partial charge in [0.05, 0.1) is 5.02 Å². The third-order valence-electron chi connectivity index (χ3n) is 2.66. The van der Waals surface area contributed by atoms with E-state index >= 15 is 0 Å².